The third kappa shape index (κ3) is 2.47. The summed E-state index contributed by atoms with van der Waals surface area (Å²) in [6.45, 7) is 2.47. The van der Waals surface area contributed by atoms with Crippen LogP contribution in [0, 0.1) is 12.3 Å². The van der Waals surface area contributed by atoms with E-state index in [0.717, 1.165) is 22.1 Å². The van der Waals surface area contributed by atoms with Crippen molar-refractivity contribution >= 4 is 10.8 Å². The first-order valence-corrected chi connectivity index (χ1v) is 6.07. The molecule has 0 unspecified atom stereocenters. The molecule has 0 heterocycles. The van der Waals surface area contributed by atoms with Crippen molar-refractivity contribution in [2.45, 2.75) is 19.4 Å². The van der Waals surface area contributed by atoms with E-state index in [4.69, 9.17) is 16.9 Å². The van der Waals surface area contributed by atoms with Crippen molar-refractivity contribution in [1.82, 2.24) is 0 Å². The van der Waals surface area contributed by atoms with E-state index in [-0.39, 0.29) is 6.04 Å². The molecule has 1 atom stereocenters. The first-order chi connectivity index (χ1) is 8.74. The minimum Gasteiger partial charge on any atom is -0.492 e. The second-order valence-electron chi connectivity index (χ2n) is 4.30. The van der Waals surface area contributed by atoms with Gasteiger partial charge in [0.2, 0.25) is 0 Å². The average Bonchev–Trinajstić information content (AvgIpc) is 2.38. The van der Waals surface area contributed by atoms with Crippen molar-refractivity contribution in [1.29, 1.82) is 0 Å². The first-order valence-electron chi connectivity index (χ1n) is 6.07. The summed E-state index contributed by atoms with van der Waals surface area (Å²) in [5.41, 5.74) is 7.01. The zero-order valence-corrected chi connectivity index (χ0v) is 10.5. The van der Waals surface area contributed by atoms with E-state index >= 15 is 0 Å². The maximum atomic E-state index is 5.99. The lowest BCUT2D eigenvalue weighted by atomic mass is 10.0. The highest BCUT2D eigenvalue weighted by Crippen LogP contribution is 2.32. The van der Waals surface area contributed by atoms with Crippen LogP contribution < -0.4 is 10.5 Å². The van der Waals surface area contributed by atoms with Crippen molar-refractivity contribution in [2.24, 2.45) is 5.73 Å². The molecular formula is C16H17NO. The average molecular weight is 239 g/mol. The molecule has 0 amide bonds. The number of terminal acetylenes is 1. The minimum absolute atomic E-state index is 0.0598. The van der Waals surface area contributed by atoms with Crippen LogP contribution in [0.4, 0.5) is 0 Å². The van der Waals surface area contributed by atoms with Gasteiger partial charge in [-0.1, -0.05) is 36.4 Å². The number of fused-ring (bicyclic) bond motifs is 1. The fourth-order valence-corrected chi connectivity index (χ4v) is 1.99. The van der Waals surface area contributed by atoms with Crippen LogP contribution in [-0.2, 0) is 0 Å². The molecule has 2 rings (SSSR count). The fourth-order valence-electron chi connectivity index (χ4n) is 1.99. The molecule has 0 saturated heterocycles. The lowest BCUT2D eigenvalue weighted by molar-refractivity contribution is 0.326. The SMILES string of the molecule is C#CCCOc1c([C@H](C)N)ccc2ccccc12. The molecule has 0 aliphatic carbocycles. The highest BCUT2D eigenvalue weighted by atomic mass is 16.5. The Hall–Kier alpha value is -1.98. The Morgan fingerprint density at radius 2 is 2.06 bits per heavy atom. The topological polar surface area (TPSA) is 35.2 Å². The van der Waals surface area contributed by atoms with Crippen molar-refractivity contribution in [2.75, 3.05) is 6.61 Å². The number of nitrogens with two attached hydrogens (primary N) is 1. The number of ether oxygens (including phenoxy) is 1. The number of benzene rings is 2. The zero-order valence-electron chi connectivity index (χ0n) is 10.5. The highest BCUT2D eigenvalue weighted by Gasteiger charge is 2.11. The molecule has 2 nitrogen and oxygen atoms in total. The molecule has 0 radical (unpaired) electrons. The molecule has 2 aromatic rings. The Kier molecular flexibility index (Phi) is 3.86. The van der Waals surface area contributed by atoms with E-state index in [9.17, 15) is 0 Å². The van der Waals surface area contributed by atoms with Gasteiger partial charge in [-0.05, 0) is 12.3 Å². The summed E-state index contributed by atoms with van der Waals surface area (Å²) in [7, 11) is 0. The van der Waals surface area contributed by atoms with Crippen molar-refractivity contribution in [3.05, 3.63) is 42.0 Å². The highest BCUT2D eigenvalue weighted by molar-refractivity contribution is 5.89. The van der Waals surface area contributed by atoms with Gasteiger partial charge in [0, 0.05) is 23.4 Å². The minimum atomic E-state index is -0.0598. The van der Waals surface area contributed by atoms with Crippen LogP contribution in [0.1, 0.15) is 24.9 Å². The molecule has 0 fully saturated rings. The second-order valence-corrected chi connectivity index (χ2v) is 4.30. The van der Waals surface area contributed by atoms with Gasteiger partial charge >= 0.3 is 0 Å². The smallest absolute Gasteiger partial charge is 0.131 e. The molecule has 0 aromatic heterocycles. The third-order valence-corrected chi connectivity index (χ3v) is 2.89. The Balaban J connectivity index is 2.49. The van der Waals surface area contributed by atoms with Gasteiger partial charge in [0.25, 0.3) is 0 Å². The summed E-state index contributed by atoms with van der Waals surface area (Å²) in [4.78, 5) is 0. The quantitative estimate of drug-likeness (QED) is 0.656. The van der Waals surface area contributed by atoms with Gasteiger partial charge in [-0.15, -0.1) is 12.3 Å². The molecule has 2 aromatic carbocycles. The monoisotopic (exact) mass is 239 g/mol. The summed E-state index contributed by atoms with van der Waals surface area (Å²) in [5.74, 6) is 3.44. The van der Waals surface area contributed by atoms with Crippen LogP contribution in [0.5, 0.6) is 5.75 Å². The van der Waals surface area contributed by atoms with Gasteiger partial charge < -0.3 is 10.5 Å². The summed E-state index contributed by atoms with van der Waals surface area (Å²) < 4.78 is 5.83. The summed E-state index contributed by atoms with van der Waals surface area (Å²) in [6, 6.07) is 12.2. The number of hydrogen-bond acceptors (Lipinski definition) is 2. The van der Waals surface area contributed by atoms with E-state index in [1.54, 1.807) is 0 Å². The number of rotatable bonds is 4. The lowest BCUT2D eigenvalue weighted by Gasteiger charge is -2.16. The van der Waals surface area contributed by atoms with Crippen molar-refractivity contribution in [3.8, 4) is 18.1 Å². The Labute approximate surface area is 108 Å². The molecule has 92 valence electrons. The van der Waals surface area contributed by atoms with Gasteiger partial charge in [0.15, 0.2) is 0 Å². The molecule has 18 heavy (non-hydrogen) atoms. The van der Waals surface area contributed by atoms with Gasteiger partial charge in [-0.3, -0.25) is 0 Å². The molecule has 0 bridgehead atoms. The zero-order chi connectivity index (χ0) is 13.0. The second kappa shape index (κ2) is 5.57. The maximum Gasteiger partial charge on any atom is 0.131 e. The normalized spacial score (nSPS) is 12.1. The van der Waals surface area contributed by atoms with E-state index in [0.29, 0.717) is 13.0 Å². The van der Waals surface area contributed by atoms with Crippen LogP contribution in [0.25, 0.3) is 10.8 Å². The molecule has 0 aliphatic heterocycles. The Bertz CT molecular complexity index is 581. The fraction of sp³-hybridized carbons (Fsp3) is 0.250. The van der Waals surface area contributed by atoms with Crippen LogP contribution in [0.3, 0.4) is 0 Å². The predicted octanol–water partition coefficient (Wildman–Crippen LogP) is 3.26. The van der Waals surface area contributed by atoms with Crippen molar-refractivity contribution < 1.29 is 4.74 Å². The van der Waals surface area contributed by atoms with Gasteiger partial charge in [-0.2, -0.15) is 0 Å². The number of hydrogen-bond donors (Lipinski definition) is 1. The first kappa shape index (κ1) is 12.5. The maximum absolute atomic E-state index is 5.99. The Morgan fingerprint density at radius 1 is 1.28 bits per heavy atom. The molecule has 0 saturated carbocycles. The standard InChI is InChI=1S/C16H17NO/c1-3-4-11-18-16-14(12(2)17)10-9-13-7-5-6-8-15(13)16/h1,5-10,12H,4,11,17H2,2H3/t12-/m0/s1. The summed E-state index contributed by atoms with van der Waals surface area (Å²) in [6.07, 6.45) is 5.85. The molecule has 0 aliphatic rings. The van der Waals surface area contributed by atoms with Crippen LogP contribution in [0.15, 0.2) is 36.4 Å². The third-order valence-electron chi connectivity index (χ3n) is 2.89. The molecule has 2 heteroatoms. The van der Waals surface area contributed by atoms with Gasteiger partial charge in [0.05, 0.1) is 6.61 Å². The van der Waals surface area contributed by atoms with Crippen LogP contribution in [0.2, 0.25) is 0 Å². The predicted molar refractivity (Wildman–Crippen MR) is 75.5 cm³/mol. The van der Waals surface area contributed by atoms with E-state index in [1.165, 1.54) is 0 Å². The molecule has 0 spiro atoms. The summed E-state index contributed by atoms with van der Waals surface area (Å²) >= 11 is 0. The van der Waals surface area contributed by atoms with Crippen LogP contribution >= 0.6 is 0 Å². The van der Waals surface area contributed by atoms with E-state index in [1.807, 2.05) is 31.2 Å². The molecular weight excluding hydrogens is 222 g/mol. The Morgan fingerprint density at radius 3 is 2.78 bits per heavy atom. The summed E-state index contributed by atoms with van der Waals surface area (Å²) in [5, 5.41) is 2.24. The van der Waals surface area contributed by atoms with E-state index < -0.39 is 0 Å². The largest absolute Gasteiger partial charge is 0.492 e. The van der Waals surface area contributed by atoms with Crippen LogP contribution in [-0.4, -0.2) is 6.61 Å². The molecule has 2 N–H and O–H groups in total. The lowest BCUT2D eigenvalue weighted by Crippen LogP contribution is -2.09. The van der Waals surface area contributed by atoms with E-state index in [2.05, 4.69) is 18.1 Å². The van der Waals surface area contributed by atoms with Gasteiger partial charge in [-0.25, -0.2) is 0 Å². The van der Waals surface area contributed by atoms with Gasteiger partial charge in [0.1, 0.15) is 5.75 Å². The van der Waals surface area contributed by atoms with Crippen molar-refractivity contribution in [3.63, 3.8) is 0 Å².